The monoisotopic (exact) mass is 719 g/mol. The molecule has 0 radical (unpaired) electrons. The summed E-state index contributed by atoms with van der Waals surface area (Å²) < 4.78 is 33.6. The van der Waals surface area contributed by atoms with Gasteiger partial charge >= 0.3 is 5.97 Å². The predicted molar refractivity (Wildman–Crippen MR) is 198 cm³/mol. The summed E-state index contributed by atoms with van der Waals surface area (Å²) in [6.07, 6.45) is 22.2. The molecule has 3 N–H and O–H groups in total. The summed E-state index contributed by atoms with van der Waals surface area (Å²) in [6, 6.07) is 0. The van der Waals surface area contributed by atoms with Crippen molar-refractivity contribution in [3.8, 4) is 0 Å². The minimum atomic E-state index is -0.968. The third-order valence-corrected chi connectivity index (χ3v) is 10.4. The highest BCUT2D eigenvalue weighted by atomic mass is 16.6. The molecule has 10 atom stereocenters. The molecule has 10 unspecified atom stereocenters. The number of carboxylic acids is 1. The smallest absolute Gasteiger partial charge is 0.329 e. The van der Waals surface area contributed by atoms with Crippen LogP contribution in [0, 0.1) is 47.3 Å². The number of aliphatic carboxylic acids is 1. The maximum Gasteiger partial charge on any atom is 0.329 e. The van der Waals surface area contributed by atoms with E-state index < -0.39 is 18.2 Å². The summed E-state index contributed by atoms with van der Waals surface area (Å²) >= 11 is 0. The van der Waals surface area contributed by atoms with E-state index in [2.05, 4.69) is 54.6 Å². The Balaban J connectivity index is 1.39. The van der Waals surface area contributed by atoms with Crippen molar-refractivity contribution < 1.29 is 48.5 Å². The Morgan fingerprint density at radius 1 is 0.745 bits per heavy atom. The first-order valence-electron chi connectivity index (χ1n) is 18.9. The van der Waals surface area contributed by atoms with Gasteiger partial charge in [0.15, 0.2) is 0 Å². The fourth-order valence-electron chi connectivity index (χ4n) is 7.54. The van der Waals surface area contributed by atoms with Crippen molar-refractivity contribution in [1.82, 2.24) is 0 Å². The van der Waals surface area contributed by atoms with E-state index in [0.29, 0.717) is 87.0 Å². The molecule has 0 spiro atoms. The van der Waals surface area contributed by atoms with Crippen molar-refractivity contribution in [2.75, 3.05) is 86.3 Å². The van der Waals surface area contributed by atoms with Crippen LogP contribution >= 0.6 is 0 Å². The fourth-order valence-corrected chi connectivity index (χ4v) is 7.54. The number of aliphatic hydroxyl groups excluding tert-OH is 2. The minimum absolute atomic E-state index is 0.0458. The van der Waals surface area contributed by atoms with Crippen LogP contribution in [0.2, 0.25) is 0 Å². The Morgan fingerprint density at radius 2 is 1.37 bits per heavy atom. The van der Waals surface area contributed by atoms with E-state index in [4.69, 9.17) is 33.5 Å². The Kier molecular flexibility index (Phi) is 21.8. The summed E-state index contributed by atoms with van der Waals surface area (Å²) in [7, 11) is 1.66. The van der Waals surface area contributed by atoms with Crippen molar-refractivity contribution in [2.45, 2.75) is 57.2 Å². The van der Waals surface area contributed by atoms with Crippen molar-refractivity contribution in [1.29, 1.82) is 0 Å². The van der Waals surface area contributed by atoms with Gasteiger partial charge in [0.25, 0.3) is 0 Å². The van der Waals surface area contributed by atoms with Crippen LogP contribution in [0.1, 0.15) is 44.9 Å². The van der Waals surface area contributed by atoms with Crippen LogP contribution in [0.25, 0.3) is 0 Å². The molecule has 0 bridgehead atoms. The number of nitrogens with zero attached hydrogens (tertiary/aromatic N) is 1. The maximum atomic E-state index is 10.7. The third kappa shape index (κ3) is 17.4. The first-order valence-corrected chi connectivity index (χ1v) is 18.9. The molecule has 0 aliphatic heterocycles. The number of ether oxygens (including phenoxy) is 6. The second kappa shape index (κ2) is 25.7. The van der Waals surface area contributed by atoms with Crippen LogP contribution in [-0.2, 0) is 33.2 Å². The molecule has 0 aromatic heterocycles. The van der Waals surface area contributed by atoms with Gasteiger partial charge in [0.2, 0.25) is 0 Å². The third-order valence-electron chi connectivity index (χ3n) is 10.4. The SMILES string of the molecule is C=CC1CCC(/C=C\C2CC(/C=C\C3CC(C=C)C(COCCOCC(CO)OCC(O)COCC=NC)C3)C(COCCOCC(=O)O)C2)C1. The summed E-state index contributed by atoms with van der Waals surface area (Å²) in [5.41, 5.74) is 0. The number of rotatable bonds is 28. The largest absolute Gasteiger partial charge is 0.480 e. The molecule has 0 saturated heterocycles. The number of carboxylic acid groups (broad SMARTS) is 1. The highest BCUT2D eigenvalue weighted by molar-refractivity contribution is 5.67. The molecule has 0 amide bonds. The highest BCUT2D eigenvalue weighted by Crippen LogP contribution is 2.42. The molecule has 0 aromatic rings. The van der Waals surface area contributed by atoms with E-state index >= 15 is 0 Å². The van der Waals surface area contributed by atoms with E-state index in [9.17, 15) is 15.0 Å². The number of hydrogen-bond donors (Lipinski definition) is 3. The van der Waals surface area contributed by atoms with Crippen molar-refractivity contribution in [3.05, 3.63) is 49.6 Å². The number of hydrogen-bond acceptors (Lipinski definition) is 10. The summed E-state index contributed by atoms with van der Waals surface area (Å²) in [6.45, 7) is 11.1. The first kappa shape index (κ1) is 43.2. The standard InChI is InChI=1S/C40H65NO10/c1-4-30-6-7-31(18-30)8-9-32-20-35(37(22-32)25-48-15-17-50-29-40(44)45)11-10-33-19-34(5-2)36(21-33)24-47-14-16-49-28-39(23-42)51-27-38(43)26-46-13-12-41-3/h4-5,8-12,30-39,42-43H,1-2,6-7,13-29H2,3H3,(H,44,45)/b9-8-,11-10-,41-12?. The zero-order valence-corrected chi connectivity index (χ0v) is 30.8. The van der Waals surface area contributed by atoms with Gasteiger partial charge in [-0.1, -0.05) is 36.5 Å². The molecular weight excluding hydrogens is 654 g/mol. The van der Waals surface area contributed by atoms with E-state index in [1.165, 1.54) is 19.3 Å². The fraction of sp³-hybridized carbons (Fsp3) is 0.750. The van der Waals surface area contributed by atoms with Crippen LogP contribution in [0.3, 0.4) is 0 Å². The molecule has 3 aliphatic rings. The highest BCUT2D eigenvalue weighted by Gasteiger charge is 2.34. The molecule has 290 valence electrons. The van der Waals surface area contributed by atoms with Gasteiger partial charge in [0.1, 0.15) is 18.8 Å². The zero-order valence-electron chi connectivity index (χ0n) is 30.8. The molecule has 11 heteroatoms. The average Bonchev–Trinajstić information content (AvgIpc) is 3.87. The van der Waals surface area contributed by atoms with Crippen LogP contribution < -0.4 is 0 Å². The molecular formula is C40H65NO10. The topological polar surface area (TPSA) is 146 Å². The van der Waals surface area contributed by atoms with Gasteiger partial charge in [-0.2, -0.15) is 0 Å². The lowest BCUT2D eigenvalue weighted by Gasteiger charge is -2.19. The summed E-state index contributed by atoms with van der Waals surface area (Å²) in [4.78, 5) is 14.5. The van der Waals surface area contributed by atoms with Crippen LogP contribution in [0.5, 0.6) is 0 Å². The number of aliphatic hydroxyl groups is 2. The van der Waals surface area contributed by atoms with Gasteiger partial charge in [0.05, 0.1) is 72.7 Å². The van der Waals surface area contributed by atoms with E-state index in [0.717, 1.165) is 25.7 Å². The summed E-state index contributed by atoms with van der Waals surface area (Å²) in [5, 5.41) is 28.4. The molecule has 0 heterocycles. The van der Waals surface area contributed by atoms with Crippen molar-refractivity contribution >= 4 is 12.2 Å². The molecule has 51 heavy (non-hydrogen) atoms. The van der Waals surface area contributed by atoms with Gasteiger partial charge in [-0.3, -0.25) is 4.99 Å². The minimum Gasteiger partial charge on any atom is -0.480 e. The summed E-state index contributed by atoms with van der Waals surface area (Å²) in [5.74, 6) is 2.97. The van der Waals surface area contributed by atoms with Crippen LogP contribution in [0.4, 0.5) is 0 Å². The van der Waals surface area contributed by atoms with E-state index in [1.807, 2.05) is 0 Å². The number of allylic oxidation sites excluding steroid dienone is 6. The zero-order chi connectivity index (χ0) is 36.7. The Bertz CT molecular complexity index is 1070. The van der Waals surface area contributed by atoms with Gasteiger partial charge in [-0.15, -0.1) is 13.2 Å². The van der Waals surface area contributed by atoms with E-state index in [-0.39, 0.29) is 39.6 Å². The van der Waals surface area contributed by atoms with Gasteiger partial charge in [-0.05, 0) is 92.3 Å². The van der Waals surface area contributed by atoms with Gasteiger partial charge < -0.3 is 43.7 Å². The van der Waals surface area contributed by atoms with E-state index in [1.54, 1.807) is 13.3 Å². The molecule has 3 rings (SSSR count). The quantitative estimate of drug-likeness (QED) is 0.0587. The number of aliphatic imine (C=N–C) groups is 1. The first-order chi connectivity index (χ1) is 24.8. The molecule has 11 nitrogen and oxygen atoms in total. The van der Waals surface area contributed by atoms with Gasteiger partial charge in [0, 0.05) is 13.3 Å². The Hall–Kier alpha value is -2.22. The molecule has 3 fully saturated rings. The van der Waals surface area contributed by atoms with Crippen LogP contribution in [0.15, 0.2) is 54.6 Å². The van der Waals surface area contributed by atoms with Crippen molar-refractivity contribution in [2.24, 2.45) is 52.3 Å². The molecule has 3 saturated carbocycles. The average molecular weight is 720 g/mol. The van der Waals surface area contributed by atoms with Crippen molar-refractivity contribution in [3.63, 3.8) is 0 Å². The van der Waals surface area contributed by atoms with Gasteiger partial charge in [-0.25, -0.2) is 4.79 Å². The van der Waals surface area contributed by atoms with Crippen LogP contribution in [-0.4, -0.2) is 126 Å². The second-order valence-corrected chi connectivity index (χ2v) is 14.3. The Morgan fingerprint density at radius 3 is 2.02 bits per heavy atom. The maximum absolute atomic E-state index is 10.7. The normalized spacial score (nSPS) is 29.5. The molecule has 3 aliphatic carbocycles. The second-order valence-electron chi connectivity index (χ2n) is 14.3. The number of carbonyl (C=O) groups is 1. The lowest BCUT2D eigenvalue weighted by molar-refractivity contribution is -0.142. The predicted octanol–water partition coefficient (Wildman–Crippen LogP) is 4.78. The lowest BCUT2D eigenvalue weighted by atomic mass is 9.94. The Labute approximate surface area is 305 Å². The lowest BCUT2D eigenvalue weighted by Crippen LogP contribution is -2.31. The molecule has 0 aromatic carbocycles.